The molecule has 4 heteroatoms. The van der Waals surface area contributed by atoms with Gasteiger partial charge in [-0.05, 0) is 45.2 Å². The van der Waals surface area contributed by atoms with Gasteiger partial charge >= 0.3 is 0 Å². The smallest absolute Gasteiger partial charge is 0.150 e. The van der Waals surface area contributed by atoms with Gasteiger partial charge in [-0.15, -0.1) is 11.8 Å². The largest absolute Gasteiger partial charge is 0.454 e. The summed E-state index contributed by atoms with van der Waals surface area (Å²) in [6.07, 6.45) is 5.62. The van der Waals surface area contributed by atoms with Crippen LogP contribution in [-0.4, -0.2) is 16.8 Å². The lowest BCUT2D eigenvalue weighted by molar-refractivity contribution is 0.412. The summed E-state index contributed by atoms with van der Waals surface area (Å²) in [5.74, 6) is 1.67. The molecule has 1 aromatic carbocycles. The predicted octanol–water partition coefficient (Wildman–Crippen LogP) is 4.48. The number of ether oxygens (including phenoxy) is 1. The van der Waals surface area contributed by atoms with Gasteiger partial charge in [0.05, 0.1) is 6.20 Å². The average Bonchev–Trinajstić information content (AvgIpc) is 2.46. The Bertz CT molecular complexity index is 593. The summed E-state index contributed by atoms with van der Waals surface area (Å²) < 4.78 is 6.07. The quantitative estimate of drug-likeness (QED) is 0.826. The zero-order valence-corrected chi connectivity index (χ0v) is 13.8. The van der Waals surface area contributed by atoms with Gasteiger partial charge in [-0.3, -0.25) is 4.98 Å². The standard InChI is InChI=1S/C17H22N2OS/c1-17(2,3)19-11-13-9-10-18-12-15(13)20-14-7-5-6-8-16(14)21-4/h5-10,12,19H,11H2,1-4H3. The number of aromatic nitrogens is 1. The van der Waals surface area contributed by atoms with Crippen molar-refractivity contribution in [3.8, 4) is 11.5 Å². The van der Waals surface area contributed by atoms with Gasteiger partial charge in [0.15, 0.2) is 0 Å². The lowest BCUT2D eigenvalue weighted by Gasteiger charge is -2.21. The molecule has 3 nitrogen and oxygen atoms in total. The molecule has 0 fully saturated rings. The highest BCUT2D eigenvalue weighted by Crippen LogP contribution is 2.32. The van der Waals surface area contributed by atoms with Crippen LogP contribution in [0, 0.1) is 0 Å². The minimum atomic E-state index is 0.0672. The van der Waals surface area contributed by atoms with Crippen LogP contribution in [-0.2, 0) is 6.54 Å². The molecule has 0 radical (unpaired) electrons. The minimum Gasteiger partial charge on any atom is -0.454 e. The molecule has 1 heterocycles. The molecule has 0 bridgehead atoms. The zero-order chi connectivity index (χ0) is 15.3. The Morgan fingerprint density at radius 2 is 1.90 bits per heavy atom. The second kappa shape index (κ2) is 6.96. The summed E-state index contributed by atoms with van der Waals surface area (Å²) in [5.41, 5.74) is 1.17. The van der Waals surface area contributed by atoms with Crippen molar-refractivity contribution >= 4 is 11.8 Å². The van der Waals surface area contributed by atoms with E-state index in [1.807, 2.05) is 30.5 Å². The molecular weight excluding hydrogens is 280 g/mol. The molecular formula is C17H22N2OS. The van der Waals surface area contributed by atoms with Gasteiger partial charge < -0.3 is 10.1 Å². The minimum absolute atomic E-state index is 0.0672. The van der Waals surface area contributed by atoms with Crippen LogP contribution in [0.25, 0.3) is 0 Å². The van der Waals surface area contributed by atoms with Crippen molar-refractivity contribution in [2.75, 3.05) is 6.26 Å². The Kier molecular flexibility index (Phi) is 5.26. The van der Waals surface area contributed by atoms with Crippen LogP contribution < -0.4 is 10.1 Å². The van der Waals surface area contributed by atoms with Crippen molar-refractivity contribution in [2.45, 2.75) is 37.8 Å². The van der Waals surface area contributed by atoms with Crippen molar-refractivity contribution in [3.05, 3.63) is 48.3 Å². The van der Waals surface area contributed by atoms with Gasteiger partial charge in [0.25, 0.3) is 0 Å². The third-order valence-corrected chi connectivity index (χ3v) is 3.75. The molecule has 1 N–H and O–H groups in total. The zero-order valence-electron chi connectivity index (χ0n) is 13.0. The van der Waals surface area contributed by atoms with Crippen LogP contribution in [0.5, 0.6) is 11.5 Å². The maximum Gasteiger partial charge on any atom is 0.150 e. The summed E-state index contributed by atoms with van der Waals surface area (Å²) in [6, 6.07) is 10.0. The summed E-state index contributed by atoms with van der Waals surface area (Å²) in [5, 5.41) is 3.48. The Morgan fingerprint density at radius 3 is 2.62 bits per heavy atom. The predicted molar refractivity (Wildman–Crippen MR) is 89.1 cm³/mol. The molecule has 0 aliphatic carbocycles. The fraction of sp³-hybridized carbons (Fsp3) is 0.353. The van der Waals surface area contributed by atoms with E-state index >= 15 is 0 Å². The number of nitrogens with one attached hydrogen (secondary N) is 1. The van der Waals surface area contributed by atoms with Crippen LogP contribution in [0.4, 0.5) is 0 Å². The van der Waals surface area contributed by atoms with Gasteiger partial charge in [-0.1, -0.05) is 12.1 Å². The van der Waals surface area contributed by atoms with Crippen molar-refractivity contribution in [3.63, 3.8) is 0 Å². The number of rotatable bonds is 5. The molecule has 0 aliphatic heterocycles. The molecule has 112 valence electrons. The maximum absolute atomic E-state index is 6.07. The number of para-hydroxylation sites is 1. The molecule has 0 atom stereocenters. The van der Waals surface area contributed by atoms with E-state index in [-0.39, 0.29) is 5.54 Å². The number of thioether (sulfide) groups is 1. The highest BCUT2D eigenvalue weighted by Gasteiger charge is 2.12. The Balaban J connectivity index is 2.20. The molecule has 0 amide bonds. The highest BCUT2D eigenvalue weighted by molar-refractivity contribution is 7.98. The summed E-state index contributed by atoms with van der Waals surface area (Å²) >= 11 is 1.68. The van der Waals surface area contributed by atoms with E-state index in [1.54, 1.807) is 24.2 Å². The summed E-state index contributed by atoms with van der Waals surface area (Å²) in [4.78, 5) is 5.30. The van der Waals surface area contributed by atoms with Crippen LogP contribution in [0.3, 0.4) is 0 Å². The van der Waals surface area contributed by atoms with E-state index in [0.29, 0.717) is 0 Å². The first-order valence-electron chi connectivity index (χ1n) is 6.98. The molecule has 0 unspecified atom stereocenters. The molecule has 0 saturated heterocycles. The first-order valence-corrected chi connectivity index (χ1v) is 8.21. The van der Waals surface area contributed by atoms with Crippen LogP contribution >= 0.6 is 11.8 Å². The number of nitrogens with zero attached hydrogens (tertiary/aromatic N) is 1. The molecule has 2 rings (SSSR count). The number of benzene rings is 1. The molecule has 0 spiro atoms. The summed E-state index contributed by atoms with van der Waals surface area (Å²) in [6.45, 7) is 7.20. The number of pyridine rings is 1. The third-order valence-electron chi connectivity index (χ3n) is 2.97. The number of hydrogen-bond acceptors (Lipinski definition) is 4. The molecule has 0 aliphatic rings. The Hall–Kier alpha value is -1.52. The van der Waals surface area contributed by atoms with Crippen molar-refractivity contribution in [2.24, 2.45) is 0 Å². The van der Waals surface area contributed by atoms with E-state index in [9.17, 15) is 0 Å². The van der Waals surface area contributed by atoms with Gasteiger partial charge in [0.2, 0.25) is 0 Å². The summed E-state index contributed by atoms with van der Waals surface area (Å²) in [7, 11) is 0. The van der Waals surface area contributed by atoms with Crippen molar-refractivity contribution in [1.82, 2.24) is 10.3 Å². The molecule has 21 heavy (non-hydrogen) atoms. The third kappa shape index (κ3) is 4.76. The second-order valence-corrected chi connectivity index (χ2v) is 6.69. The number of hydrogen-bond donors (Lipinski definition) is 1. The van der Waals surface area contributed by atoms with Crippen molar-refractivity contribution in [1.29, 1.82) is 0 Å². The maximum atomic E-state index is 6.07. The van der Waals surface area contributed by atoms with Crippen molar-refractivity contribution < 1.29 is 4.74 Å². The second-order valence-electron chi connectivity index (χ2n) is 5.84. The van der Waals surface area contributed by atoms with Crippen LogP contribution in [0.2, 0.25) is 0 Å². The van der Waals surface area contributed by atoms with Gasteiger partial charge in [0, 0.05) is 28.7 Å². The topological polar surface area (TPSA) is 34.1 Å². The van der Waals surface area contributed by atoms with E-state index < -0.39 is 0 Å². The fourth-order valence-electron chi connectivity index (χ4n) is 1.83. The fourth-order valence-corrected chi connectivity index (χ4v) is 2.35. The van der Waals surface area contributed by atoms with Crippen LogP contribution in [0.1, 0.15) is 26.3 Å². The SMILES string of the molecule is CSc1ccccc1Oc1cnccc1CNC(C)(C)C. The lowest BCUT2D eigenvalue weighted by atomic mass is 10.1. The highest BCUT2D eigenvalue weighted by atomic mass is 32.2. The molecule has 2 aromatic rings. The van der Waals surface area contributed by atoms with Gasteiger partial charge in [-0.25, -0.2) is 0 Å². The monoisotopic (exact) mass is 302 g/mol. The van der Waals surface area contributed by atoms with E-state index in [4.69, 9.17) is 4.74 Å². The van der Waals surface area contributed by atoms with E-state index in [2.05, 4.69) is 37.1 Å². The molecule has 1 aromatic heterocycles. The first-order chi connectivity index (χ1) is 9.99. The van der Waals surface area contributed by atoms with Gasteiger partial charge in [-0.2, -0.15) is 0 Å². The normalized spacial score (nSPS) is 11.4. The van der Waals surface area contributed by atoms with E-state index in [0.717, 1.165) is 28.5 Å². The first kappa shape index (κ1) is 15.9. The Labute approximate surface area is 131 Å². The van der Waals surface area contributed by atoms with E-state index in [1.165, 1.54) is 0 Å². The van der Waals surface area contributed by atoms with Crippen LogP contribution in [0.15, 0.2) is 47.6 Å². The molecule has 0 saturated carbocycles. The van der Waals surface area contributed by atoms with Gasteiger partial charge in [0.1, 0.15) is 11.5 Å². The Morgan fingerprint density at radius 1 is 1.14 bits per heavy atom. The average molecular weight is 302 g/mol. The lowest BCUT2D eigenvalue weighted by Crippen LogP contribution is -2.35.